The Balaban J connectivity index is 1.78. The summed E-state index contributed by atoms with van der Waals surface area (Å²) in [4.78, 5) is 12.2. The van der Waals surface area contributed by atoms with E-state index >= 15 is 0 Å². The van der Waals surface area contributed by atoms with Crippen LogP contribution in [0.2, 0.25) is 0 Å². The van der Waals surface area contributed by atoms with Gasteiger partial charge in [0.1, 0.15) is 23.4 Å². The van der Waals surface area contributed by atoms with Gasteiger partial charge in [0.25, 0.3) is 0 Å². The average molecular weight is 355 g/mol. The number of carbonyl (C=O) groups excluding carboxylic acids is 1. The van der Waals surface area contributed by atoms with Crippen LogP contribution < -0.4 is 14.8 Å². The molecule has 2 aromatic carbocycles. The molecule has 1 aliphatic heterocycles. The van der Waals surface area contributed by atoms with Gasteiger partial charge in [-0.25, -0.2) is 4.39 Å². The first-order chi connectivity index (χ1) is 12.5. The fraction of sp³-hybridized carbons (Fsp3) is 0.286. The van der Waals surface area contributed by atoms with Crippen LogP contribution in [0.5, 0.6) is 11.5 Å². The molecule has 0 spiro atoms. The summed E-state index contributed by atoms with van der Waals surface area (Å²) in [5.41, 5.74) is 3.15. The van der Waals surface area contributed by atoms with Gasteiger partial charge in [0.05, 0.1) is 6.61 Å². The number of nitrogens with one attached hydrogen (secondary N) is 1. The molecule has 2 aromatic rings. The Hall–Kier alpha value is -2.82. The summed E-state index contributed by atoms with van der Waals surface area (Å²) < 4.78 is 24.6. The molecule has 0 aliphatic carbocycles. The summed E-state index contributed by atoms with van der Waals surface area (Å²) in [6.07, 6.45) is 4.13. The smallest absolute Gasteiger partial charge is 0.248 e. The van der Waals surface area contributed by atoms with Crippen molar-refractivity contribution in [1.82, 2.24) is 0 Å². The van der Waals surface area contributed by atoms with Crippen LogP contribution in [-0.4, -0.2) is 18.6 Å². The first kappa shape index (κ1) is 18.0. The third-order valence-corrected chi connectivity index (χ3v) is 4.19. The maximum Gasteiger partial charge on any atom is 0.248 e. The Labute approximate surface area is 152 Å². The largest absolute Gasteiger partial charge is 0.493 e. The highest BCUT2D eigenvalue weighted by Crippen LogP contribution is 2.35. The fourth-order valence-corrected chi connectivity index (χ4v) is 2.97. The summed E-state index contributed by atoms with van der Waals surface area (Å²) in [6.45, 7) is 6.23. The monoisotopic (exact) mass is 355 g/mol. The van der Waals surface area contributed by atoms with E-state index in [1.54, 1.807) is 19.1 Å². The molecule has 0 aromatic heterocycles. The summed E-state index contributed by atoms with van der Waals surface area (Å²) in [5, 5.41) is 2.75. The van der Waals surface area contributed by atoms with E-state index in [0.29, 0.717) is 17.9 Å². The minimum atomic E-state index is -0.329. The second kappa shape index (κ2) is 7.60. The van der Waals surface area contributed by atoms with Crippen LogP contribution >= 0.6 is 0 Å². The van der Waals surface area contributed by atoms with E-state index < -0.39 is 0 Å². The van der Waals surface area contributed by atoms with Gasteiger partial charge in [-0.3, -0.25) is 4.79 Å². The zero-order chi connectivity index (χ0) is 18.7. The summed E-state index contributed by atoms with van der Waals surface area (Å²) in [5.74, 6) is 0.933. The van der Waals surface area contributed by atoms with Crippen LogP contribution in [-0.2, 0) is 11.2 Å². The molecule has 0 saturated heterocycles. The quantitative estimate of drug-likeness (QED) is 0.803. The lowest BCUT2D eigenvalue weighted by molar-refractivity contribution is -0.111. The van der Waals surface area contributed by atoms with E-state index in [1.165, 1.54) is 18.2 Å². The molecular weight excluding hydrogens is 333 g/mol. The highest BCUT2D eigenvalue weighted by molar-refractivity contribution is 6.02. The minimum Gasteiger partial charge on any atom is -0.493 e. The van der Waals surface area contributed by atoms with E-state index in [1.807, 2.05) is 26.0 Å². The van der Waals surface area contributed by atoms with Gasteiger partial charge in [0.15, 0.2) is 0 Å². The molecule has 0 bridgehead atoms. The number of ether oxygens (including phenoxy) is 2. The predicted octanol–water partition coefficient (Wildman–Crippen LogP) is 4.51. The number of rotatable bonds is 5. The molecule has 0 fully saturated rings. The van der Waals surface area contributed by atoms with E-state index in [4.69, 9.17) is 9.47 Å². The Bertz CT molecular complexity index is 861. The molecule has 26 heavy (non-hydrogen) atoms. The summed E-state index contributed by atoms with van der Waals surface area (Å²) in [7, 11) is 0. The molecule has 1 N–H and O–H groups in total. The molecule has 4 nitrogen and oxygen atoms in total. The Morgan fingerprint density at radius 2 is 2.19 bits per heavy atom. The van der Waals surface area contributed by atoms with Crippen molar-refractivity contribution >= 4 is 17.7 Å². The van der Waals surface area contributed by atoms with Gasteiger partial charge < -0.3 is 14.8 Å². The van der Waals surface area contributed by atoms with Crippen molar-refractivity contribution in [3.63, 3.8) is 0 Å². The molecule has 5 heteroatoms. The molecule has 136 valence electrons. The predicted molar refractivity (Wildman–Crippen MR) is 100 cm³/mol. The number of carbonyl (C=O) groups is 1. The summed E-state index contributed by atoms with van der Waals surface area (Å²) in [6, 6.07) is 8.12. The lowest BCUT2D eigenvalue weighted by Crippen LogP contribution is -2.09. The van der Waals surface area contributed by atoms with Crippen molar-refractivity contribution in [2.24, 2.45) is 0 Å². The Morgan fingerprint density at radius 3 is 2.92 bits per heavy atom. The van der Waals surface area contributed by atoms with Gasteiger partial charge >= 0.3 is 0 Å². The van der Waals surface area contributed by atoms with E-state index in [0.717, 1.165) is 29.0 Å². The second-order valence-electron chi connectivity index (χ2n) is 6.35. The number of anilines is 1. The van der Waals surface area contributed by atoms with Crippen molar-refractivity contribution in [2.45, 2.75) is 33.3 Å². The normalized spacial score (nSPS) is 15.6. The first-order valence-corrected chi connectivity index (χ1v) is 8.68. The number of fused-ring (bicyclic) bond motifs is 1. The Kier molecular flexibility index (Phi) is 5.26. The van der Waals surface area contributed by atoms with Gasteiger partial charge in [-0.2, -0.15) is 0 Å². The van der Waals surface area contributed by atoms with Crippen molar-refractivity contribution in [3.8, 4) is 11.5 Å². The van der Waals surface area contributed by atoms with Gasteiger partial charge in [-0.1, -0.05) is 0 Å². The van der Waals surface area contributed by atoms with Gasteiger partial charge in [0, 0.05) is 29.3 Å². The summed E-state index contributed by atoms with van der Waals surface area (Å²) >= 11 is 0. The highest BCUT2D eigenvalue weighted by atomic mass is 19.1. The maximum absolute atomic E-state index is 13.2. The SMILES string of the molecule is CCOc1cc2c(cc1/C=C/C(=O)Nc1ccc(F)cc1C)O[C@H](C)C2. The topological polar surface area (TPSA) is 47.6 Å². The third kappa shape index (κ3) is 4.04. The van der Waals surface area contributed by atoms with E-state index in [2.05, 4.69) is 5.32 Å². The molecule has 1 amide bonds. The van der Waals surface area contributed by atoms with Gasteiger partial charge in [-0.15, -0.1) is 0 Å². The van der Waals surface area contributed by atoms with Crippen molar-refractivity contribution in [1.29, 1.82) is 0 Å². The molecule has 0 unspecified atom stereocenters. The molecule has 1 aliphatic rings. The average Bonchev–Trinajstić information content (AvgIpc) is 2.94. The number of halogens is 1. The first-order valence-electron chi connectivity index (χ1n) is 8.68. The fourth-order valence-electron chi connectivity index (χ4n) is 2.97. The molecule has 1 heterocycles. The number of aryl methyl sites for hydroxylation is 1. The van der Waals surface area contributed by atoms with Gasteiger partial charge in [-0.05, 0) is 62.7 Å². The molecule has 1 atom stereocenters. The maximum atomic E-state index is 13.2. The zero-order valence-corrected chi connectivity index (χ0v) is 15.1. The van der Waals surface area contributed by atoms with Crippen molar-refractivity contribution in [2.75, 3.05) is 11.9 Å². The van der Waals surface area contributed by atoms with Crippen LogP contribution in [0.25, 0.3) is 6.08 Å². The molecule has 0 saturated carbocycles. The zero-order valence-electron chi connectivity index (χ0n) is 15.1. The molecular formula is C21H22FNO3. The van der Waals surface area contributed by atoms with Crippen molar-refractivity contribution < 1.29 is 18.7 Å². The number of benzene rings is 2. The van der Waals surface area contributed by atoms with E-state index in [9.17, 15) is 9.18 Å². The number of amides is 1. The van der Waals surface area contributed by atoms with Gasteiger partial charge in [0.2, 0.25) is 5.91 Å². The number of hydrogen-bond acceptors (Lipinski definition) is 3. The lowest BCUT2D eigenvalue weighted by Gasteiger charge is -2.10. The van der Waals surface area contributed by atoms with Crippen LogP contribution in [0.1, 0.15) is 30.5 Å². The third-order valence-electron chi connectivity index (χ3n) is 4.19. The van der Waals surface area contributed by atoms with Crippen LogP contribution in [0.3, 0.4) is 0 Å². The van der Waals surface area contributed by atoms with Crippen molar-refractivity contribution in [3.05, 3.63) is 58.9 Å². The minimum absolute atomic E-state index is 0.142. The van der Waals surface area contributed by atoms with E-state index in [-0.39, 0.29) is 17.8 Å². The standard InChI is InChI=1S/C21H22FNO3/c1-4-25-19-12-16-10-14(3)26-20(16)11-15(19)5-8-21(24)23-18-7-6-17(22)9-13(18)2/h5-9,11-12,14H,4,10H2,1-3H3,(H,23,24)/b8-5+/t14-/m1/s1. The van der Waals surface area contributed by atoms with Crippen LogP contribution in [0, 0.1) is 12.7 Å². The highest BCUT2D eigenvalue weighted by Gasteiger charge is 2.21. The molecule has 0 radical (unpaired) electrons. The Morgan fingerprint density at radius 1 is 1.38 bits per heavy atom. The second-order valence-corrected chi connectivity index (χ2v) is 6.35. The number of hydrogen-bond donors (Lipinski definition) is 1. The van der Waals surface area contributed by atoms with Crippen LogP contribution in [0.15, 0.2) is 36.4 Å². The van der Waals surface area contributed by atoms with Crippen LogP contribution in [0.4, 0.5) is 10.1 Å². The molecule has 3 rings (SSSR count). The lowest BCUT2D eigenvalue weighted by atomic mass is 10.1.